The van der Waals surface area contributed by atoms with Crippen LogP contribution in [0.5, 0.6) is 0 Å². The van der Waals surface area contributed by atoms with Crippen LogP contribution in [-0.2, 0) is 10.0 Å². The van der Waals surface area contributed by atoms with E-state index in [9.17, 15) is 13.2 Å². The molecule has 3 aromatic rings. The smallest absolute Gasteiger partial charge is 0.291 e. The van der Waals surface area contributed by atoms with E-state index < -0.39 is 10.0 Å². The first-order valence-corrected chi connectivity index (χ1v) is 10.5. The summed E-state index contributed by atoms with van der Waals surface area (Å²) in [6.07, 6.45) is 1.08. The number of hydrogen-bond donors (Lipinski definition) is 3. The molecule has 0 atom stereocenters. The zero-order chi connectivity index (χ0) is 19.8. The summed E-state index contributed by atoms with van der Waals surface area (Å²) >= 11 is 1.38. The number of nitrogens with one attached hydrogen (secondary N) is 2. The molecule has 0 amide bonds. The van der Waals surface area contributed by atoms with Gasteiger partial charge in [0.25, 0.3) is 5.91 Å². The molecule has 0 fully saturated rings. The summed E-state index contributed by atoms with van der Waals surface area (Å²) < 4.78 is 25.9. The number of anilines is 4. The van der Waals surface area contributed by atoms with Gasteiger partial charge in [0.05, 0.1) is 11.1 Å². The Hall–Kier alpha value is -2.92. The first-order chi connectivity index (χ1) is 12.6. The molecule has 11 heteroatoms. The standard InChI is InChI=1S/C16H18N6O3S2/c1-9-8-10(2)26-13(9)14(23)22-15(17)19-16(20-22)18-11-4-6-12(7-5-11)21-27(3,24)25/h4-8,21H,1-3H3,(H3,17,18,19,20). The van der Waals surface area contributed by atoms with Crippen LogP contribution in [0.25, 0.3) is 0 Å². The second-order valence-corrected chi connectivity index (χ2v) is 8.96. The van der Waals surface area contributed by atoms with Crippen LogP contribution in [0.2, 0.25) is 0 Å². The number of benzene rings is 1. The van der Waals surface area contributed by atoms with E-state index >= 15 is 0 Å². The average Bonchev–Trinajstić information content (AvgIpc) is 3.09. The Morgan fingerprint density at radius 3 is 2.37 bits per heavy atom. The zero-order valence-electron chi connectivity index (χ0n) is 14.8. The van der Waals surface area contributed by atoms with Gasteiger partial charge in [0, 0.05) is 16.3 Å². The van der Waals surface area contributed by atoms with Gasteiger partial charge in [-0.05, 0) is 49.7 Å². The van der Waals surface area contributed by atoms with Crippen molar-refractivity contribution in [3.8, 4) is 0 Å². The van der Waals surface area contributed by atoms with Gasteiger partial charge in [-0.3, -0.25) is 9.52 Å². The molecule has 9 nitrogen and oxygen atoms in total. The molecule has 0 unspecified atom stereocenters. The highest BCUT2D eigenvalue weighted by atomic mass is 32.2. The lowest BCUT2D eigenvalue weighted by molar-refractivity contribution is 0.0951. The fraction of sp³-hybridized carbons (Fsp3) is 0.188. The first-order valence-electron chi connectivity index (χ1n) is 7.81. The van der Waals surface area contributed by atoms with Crippen molar-refractivity contribution < 1.29 is 13.2 Å². The normalized spacial score (nSPS) is 11.4. The van der Waals surface area contributed by atoms with E-state index in [0.29, 0.717) is 16.3 Å². The summed E-state index contributed by atoms with van der Waals surface area (Å²) in [5.74, 6) is -0.199. The summed E-state index contributed by atoms with van der Waals surface area (Å²) in [7, 11) is -3.34. The van der Waals surface area contributed by atoms with Crippen molar-refractivity contribution in [3.63, 3.8) is 0 Å². The van der Waals surface area contributed by atoms with Gasteiger partial charge in [0.15, 0.2) is 0 Å². The van der Waals surface area contributed by atoms with Crippen LogP contribution >= 0.6 is 11.3 Å². The molecular formula is C16H18N6O3S2. The lowest BCUT2D eigenvalue weighted by Crippen LogP contribution is -2.16. The Labute approximate surface area is 160 Å². The van der Waals surface area contributed by atoms with Gasteiger partial charge in [-0.2, -0.15) is 9.67 Å². The maximum atomic E-state index is 12.6. The summed E-state index contributed by atoms with van der Waals surface area (Å²) in [5, 5.41) is 7.06. The average molecular weight is 406 g/mol. The number of aryl methyl sites for hydroxylation is 2. The third-order valence-corrected chi connectivity index (χ3v) is 5.25. The van der Waals surface area contributed by atoms with E-state index in [1.165, 1.54) is 11.3 Å². The summed E-state index contributed by atoms with van der Waals surface area (Å²) in [6, 6.07) is 8.41. The number of nitrogen functional groups attached to an aromatic ring is 1. The number of sulfonamides is 1. The molecule has 2 aromatic heterocycles. The van der Waals surface area contributed by atoms with E-state index in [1.54, 1.807) is 24.3 Å². The Kier molecular flexibility index (Phi) is 4.89. The molecule has 0 spiro atoms. The topological polar surface area (TPSA) is 132 Å². The van der Waals surface area contributed by atoms with Crippen LogP contribution in [0.1, 0.15) is 20.1 Å². The molecule has 1 aromatic carbocycles. The first kappa shape index (κ1) is 18.9. The minimum Gasteiger partial charge on any atom is -0.368 e. The second-order valence-electron chi connectivity index (χ2n) is 5.96. The maximum Gasteiger partial charge on any atom is 0.291 e. The van der Waals surface area contributed by atoms with Crippen LogP contribution in [0, 0.1) is 13.8 Å². The van der Waals surface area contributed by atoms with Gasteiger partial charge < -0.3 is 11.1 Å². The molecule has 0 aliphatic carbocycles. The molecule has 4 N–H and O–H groups in total. The number of carbonyl (C=O) groups is 1. The van der Waals surface area contributed by atoms with E-state index in [-0.39, 0.29) is 17.8 Å². The highest BCUT2D eigenvalue weighted by Gasteiger charge is 2.19. The molecule has 27 heavy (non-hydrogen) atoms. The van der Waals surface area contributed by atoms with Crippen molar-refractivity contribution in [1.82, 2.24) is 14.8 Å². The van der Waals surface area contributed by atoms with Crippen LogP contribution < -0.4 is 15.8 Å². The molecule has 0 radical (unpaired) electrons. The van der Waals surface area contributed by atoms with Crippen molar-refractivity contribution in [1.29, 1.82) is 0 Å². The molecular weight excluding hydrogens is 388 g/mol. The minimum absolute atomic E-state index is 0.0247. The van der Waals surface area contributed by atoms with Gasteiger partial charge in [0.1, 0.15) is 0 Å². The number of nitrogens with two attached hydrogens (primary N) is 1. The fourth-order valence-corrected chi connectivity index (χ4v) is 3.96. The molecule has 142 valence electrons. The Morgan fingerprint density at radius 2 is 1.81 bits per heavy atom. The van der Waals surface area contributed by atoms with Gasteiger partial charge >= 0.3 is 0 Å². The number of hydrogen-bond acceptors (Lipinski definition) is 8. The predicted molar refractivity (Wildman–Crippen MR) is 106 cm³/mol. The number of thiophene rings is 1. The summed E-state index contributed by atoms with van der Waals surface area (Å²) in [4.78, 5) is 18.3. The monoisotopic (exact) mass is 406 g/mol. The van der Waals surface area contributed by atoms with Gasteiger partial charge in [-0.15, -0.1) is 16.4 Å². The van der Waals surface area contributed by atoms with E-state index in [0.717, 1.165) is 21.4 Å². The van der Waals surface area contributed by atoms with Crippen molar-refractivity contribution in [2.45, 2.75) is 13.8 Å². The molecule has 3 rings (SSSR count). The molecule has 0 bridgehead atoms. The Balaban J connectivity index is 1.78. The maximum absolute atomic E-state index is 12.6. The molecule has 0 aliphatic rings. The lowest BCUT2D eigenvalue weighted by atomic mass is 10.2. The molecule has 0 saturated carbocycles. The third kappa shape index (κ3) is 4.44. The SMILES string of the molecule is Cc1cc(C)c(C(=O)n2nc(Nc3ccc(NS(C)(=O)=O)cc3)nc2N)s1. The molecule has 2 heterocycles. The quantitative estimate of drug-likeness (QED) is 0.592. The number of nitrogens with zero attached hydrogens (tertiary/aromatic N) is 3. The van der Waals surface area contributed by atoms with Crippen molar-refractivity contribution in [3.05, 3.63) is 45.6 Å². The van der Waals surface area contributed by atoms with E-state index in [2.05, 4.69) is 20.1 Å². The zero-order valence-corrected chi connectivity index (χ0v) is 16.5. The van der Waals surface area contributed by atoms with Crippen molar-refractivity contribution >= 4 is 50.5 Å². The van der Waals surface area contributed by atoms with E-state index in [4.69, 9.17) is 5.73 Å². The van der Waals surface area contributed by atoms with E-state index in [1.807, 2.05) is 19.9 Å². The highest BCUT2D eigenvalue weighted by Crippen LogP contribution is 2.23. The van der Waals surface area contributed by atoms with Gasteiger partial charge in [-0.25, -0.2) is 8.42 Å². The van der Waals surface area contributed by atoms with Crippen LogP contribution in [0.4, 0.5) is 23.3 Å². The molecule has 0 saturated heterocycles. The summed E-state index contributed by atoms with van der Waals surface area (Å²) in [6.45, 7) is 3.78. The Bertz CT molecular complexity index is 1100. The van der Waals surface area contributed by atoms with Crippen molar-refractivity contribution in [2.75, 3.05) is 22.0 Å². The largest absolute Gasteiger partial charge is 0.368 e. The number of carbonyl (C=O) groups excluding carboxylic acids is 1. The van der Waals surface area contributed by atoms with Crippen LogP contribution in [0.15, 0.2) is 30.3 Å². The number of aromatic nitrogens is 3. The summed E-state index contributed by atoms with van der Waals surface area (Å²) in [5.41, 5.74) is 7.75. The van der Waals surface area contributed by atoms with Gasteiger partial charge in [0.2, 0.25) is 21.9 Å². The second kappa shape index (κ2) is 7.00. The minimum atomic E-state index is -3.34. The molecule has 0 aliphatic heterocycles. The lowest BCUT2D eigenvalue weighted by Gasteiger charge is -2.05. The number of rotatable bonds is 5. The third-order valence-electron chi connectivity index (χ3n) is 3.50. The van der Waals surface area contributed by atoms with Crippen LogP contribution in [-0.4, -0.2) is 35.3 Å². The predicted octanol–water partition coefficient (Wildman–Crippen LogP) is 2.34. The Morgan fingerprint density at radius 1 is 1.19 bits per heavy atom. The highest BCUT2D eigenvalue weighted by molar-refractivity contribution is 7.92. The fourth-order valence-electron chi connectivity index (χ4n) is 2.44. The van der Waals surface area contributed by atoms with Crippen molar-refractivity contribution in [2.24, 2.45) is 0 Å². The van der Waals surface area contributed by atoms with Gasteiger partial charge in [-0.1, -0.05) is 0 Å². The van der Waals surface area contributed by atoms with Crippen LogP contribution in [0.3, 0.4) is 0 Å².